The number of halogens is 1. The summed E-state index contributed by atoms with van der Waals surface area (Å²) in [6.45, 7) is 1.99. The summed E-state index contributed by atoms with van der Waals surface area (Å²) in [6.07, 6.45) is 4.35. The number of nitrogens with two attached hydrogens (primary N) is 1. The van der Waals surface area contributed by atoms with Crippen LogP contribution in [0.5, 0.6) is 11.5 Å². The molecule has 1 heterocycles. The molecule has 18 heavy (non-hydrogen) atoms. The van der Waals surface area contributed by atoms with Crippen molar-refractivity contribution in [3.63, 3.8) is 0 Å². The van der Waals surface area contributed by atoms with E-state index in [4.69, 9.17) is 10.5 Å². The molecule has 0 saturated carbocycles. The highest BCUT2D eigenvalue weighted by Crippen LogP contribution is 2.27. The lowest BCUT2D eigenvalue weighted by Gasteiger charge is -2.09. The molecule has 0 spiro atoms. The number of aromatic nitrogens is 2. The van der Waals surface area contributed by atoms with E-state index in [1.165, 1.54) is 5.56 Å². The van der Waals surface area contributed by atoms with Crippen LogP contribution >= 0.6 is 15.9 Å². The summed E-state index contributed by atoms with van der Waals surface area (Å²) in [7, 11) is 1.86. The molecule has 96 valence electrons. The number of ether oxygens (including phenoxy) is 1. The summed E-state index contributed by atoms with van der Waals surface area (Å²) in [5.74, 6) is 1.51. The number of rotatable bonds is 4. The Kier molecular flexibility index (Phi) is 4.04. The average Bonchev–Trinajstić information content (AvgIpc) is 2.68. The lowest BCUT2D eigenvalue weighted by Crippen LogP contribution is -2.17. The molecule has 1 aromatic carbocycles. The highest BCUT2D eigenvalue weighted by Gasteiger charge is 2.06. The van der Waals surface area contributed by atoms with Crippen molar-refractivity contribution in [3.05, 3.63) is 40.6 Å². The first kappa shape index (κ1) is 13.1. The molecule has 2 rings (SSSR count). The van der Waals surface area contributed by atoms with Crippen molar-refractivity contribution >= 4 is 15.9 Å². The van der Waals surface area contributed by atoms with Gasteiger partial charge < -0.3 is 10.5 Å². The summed E-state index contributed by atoms with van der Waals surface area (Å²) in [5.41, 5.74) is 6.98. The van der Waals surface area contributed by atoms with E-state index >= 15 is 0 Å². The minimum atomic E-state index is 0.145. The van der Waals surface area contributed by atoms with Crippen LogP contribution in [0, 0.1) is 0 Å². The van der Waals surface area contributed by atoms with Gasteiger partial charge in [0.15, 0.2) is 5.75 Å². The first-order valence-corrected chi connectivity index (χ1v) is 6.54. The third-order valence-corrected chi connectivity index (χ3v) is 3.22. The van der Waals surface area contributed by atoms with E-state index in [1.807, 2.05) is 38.4 Å². The third kappa shape index (κ3) is 3.34. The molecule has 1 unspecified atom stereocenters. The van der Waals surface area contributed by atoms with E-state index < -0.39 is 0 Å². The maximum Gasteiger partial charge on any atom is 0.165 e. The summed E-state index contributed by atoms with van der Waals surface area (Å²) in [6, 6.07) is 6.06. The molecule has 0 saturated heterocycles. The number of nitrogens with zero attached hydrogens (tertiary/aromatic N) is 2. The van der Waals surface area contributed by atoms with Crippen LogP contribution in [0.2, 0.25) is 0 Å². The van der Waals surface area contributed by atoms with Gasteiger partial charge in [-0.25, -0.2) is 0 Å². The van der Waals surface area contributed by atoms with Gasteiger partial charge >= 0.3 is 0 Å². The predicted octanol–water partition coefficient (Wildman–Crippen LogP) is 2.86. The van der Waals surface area contributed by atoms with Gasteiger partial charge in [-0.3, -0.25) is 4.68 Å². The van der Waals surface area contributed by atoms with Crippen molar-refractivity contribution in [3.8, 4) is 11.5 Å². The smallest absolute Gasteiger partial charge is 0.165 e. The van der Waals surface area contributed by atoms with E-state index in [0.717, 1.165) is 22.4 Å². The molecule has 0 amide bonds. The van der Waals surface area contributed by atoms with E-state index in [-0.39, 0.29) is 6.04 Å². The normalized spacial score (nSPS) is 12.4. The van der Waals surface area contributed by atoms with Crippen molar-refractivity contribution in [2.24, 2.45) is 12.8 Å². The Morgan fingerprint density at radius 2 is 2.22 bits per heavy atom. The molecule has 1 aromatic heterocycles. The highest BCUT2D eigenvalue weighted by atomic mass is 79.9. The Bertz CT molecular complexity index is 537. The molecule has 5 heteroatoms. The van der Waals surface area contributed by atoms with Crippen LogP contribution in [0.4, 0.5) is 0 Å². The molecular formula is C13H16BrN3O. The van der Waals surface area contributed by atoms with Gasteiger partial charge in [0.25, 0.3) is 0 Å². The zero-order valence-electron chi connectivity index (χ0n) is 10.4. The quantitative estimate of drug-likeness (QED) is 0.945. The Morgan fingerprint density at radius 3 is 2.78 bits per heavy atom. The van der Waals surface area contributed by atoms with Crippen LogP contribution < -0.4 is 10.5 Å². The number of hydrogen-bond donors (Lipinski definition) is 1. The largest absolute Gasteiger partial charge is 0.454 e. The SMILES string of the molecule is CC(N)Cc1ccc(Oc2cnn(C)c2)cc1Br. The van der Waals surface area contributed by atoms with Crippen LogP contribution in [-0.2, 0) is 13.5 Å². The Labute approximate surface area is 115 Å². The Morgan fingerprint density at radius 1 is 1.44 bits per heavy atom. The van der Waals surface area contributed by atoms with Gasteiger partial charge in [-0.1, -0.05) is 22.0 Å². The van der Waals surface area contributed by atoms with E-state index in [9.17, 15) is 0 Å². The molecule has 2 aromatic rings. The molecule has 1 atom stereocenters. The highest BCUT2D eigenvalue weighted by molar-refractivity contribution is 9.10. The minimum Gasteiger partial charge on any atom is -0.454 e. The molecule has 0 fully saturated rings. The zero-order chi connectivity index (χ0) is 13.1. The Balaban J connectivity index is 2.13. The number of benzene rings is 1. The van der Waals surface area contributed by atoms with Gasteiger partial charge in [0.1, 0.15) is 5.75 Å². The lowest BCUT2D eigenvalue weighted by atomic mass is 10.1. The fraction of sp³-hybridized carbons (Fsp3) is 0.308. The summed E-state index contributed by atoms with van der Waals surface area (Å²) in [5, 5.41) is 4.06. The molecule has 2 N–H and O–H groups in total. The minimum absolute atomic E-state index is 0.145. The van der Waals surface area contributed by atoms with Crippen LogP contribution in [0.3, 0.4) is 0 Å². The molecule has 4 nitrogen and oxygen atoms in total. The van der Waals surface area contributed by atoms with Gasteiger partial charge in [-0.2, -0.15) is 5.10 Å². The van der Waals surface area contributed by atoms with Gasteiger partial charge in [0, 0.05) is 17.6 Å². The van der Waals surface area contributed by atoms with Crippen molar-refractivity contribution in [2.45, 2.75) is 19.4 Å². The number of hydrogen-bond acceptors (Lipinski definition) is 3. The van der Waals surface area contributed by atoms with Gasteiger partial charge in [0.05, 0.1) is 12.4 Å². The van der Waals surface area contributed by atoms with Crippen LogP contribution in [0.1, 0.15) is 12.5 Å². The molecule has 0 bridgehead atoms. The topological polar surface area (TPSA) is 53.1 Å². The molecule has 0 aliphatic heterocycles. The maximum absolute atomic E-state index is 5.79. The zero-order valence-corrected chi connectivity index (χ0v) is 12.0. The fourth-order valence-electron chi connectivity index (χ4n) is 1.69. The lowest BCUT2D eigenvalue weighted by molar-refractivity contribution is 0.481. The Hall–Kier alpha value is -1.33. The average molecular weight is 310 g/mol. The second-order valence-corrected chi connectivity index (χ2v) is 5.24. The summed E-state index contributed by atoms with van der Waals surface area (Å²) < 4.78 is 8.41. The van der Waals surface area contributed by atoms with Gasteiger partial charge in [0.2, 0.25) is 0 Å². The number of aryl methyl sites for hydroxylation is 1. The van der Waals surface area contributed by atoms with E-state index in [1.54, 1.807) is 10.9 Å². The van der Waals surface area contributed by atoms with Gasteiger partial charge in [-0.05, 0) is 31.0 Å². The second kappa shape index (κ2) is 5.54. The molecule has 0 radical (unpaired) electrons. The first-order valence-electron chi connectivity index (χ1n) is 5.75. The summed E-state index contributed by atoms with van der Waals surface area (Å²) >= 11 is 3.54. The summed E-state index contributed by atoms with van der Waals surface area (Å²) in [4.78, 5) is 0. The van der Waals surface area contributed by atoms with Gasteiger partial charge in [-0.15, -0.1) is 0 Å². The molecule has 0 aliphatic carbocycles. The van der Waals surface area contributed by atoms with Crippen molar-refractivity contribution in [1.82, 2.24) is 9.78 Å². The third-order valence-electron chi connectivity index (χ3n) is 2.48. The van der Waals surface area contributed by atoms with Crippen molar-refractivity contribution < 1.29 is 4.74 Å². The van der Waals surface area contributed by atoms with E-state index in [0.29, 0.717) is 0 Å². The monoisotopic (exact) mass is 309 g/mol. The van der Waals surface area contributed by atoms with Crippen molar-refractivity contribution in [1.29, 1.82) is 0 Å². The fourth-order valence-corrected chi connectivity index (χ4v) is 2.21. The van der Waals surface area contributed by atoms with Crippen LogP contribution in [-0.4, -0.2) is 15.8 Å². The molecular weight excluding hydrogens is 294 g/mol. The molecule has 0 aliphatic rings. The maximum atomic E-state index is 5.79. The van der Waals surface area contributed by atoms with Crippen molar-refractivity contribution in [2.75, 3.05) is 0 Å². The van der Waals surface area contributed by atoms with Crippen LogP contribution in [0.15, 0.2) is 35.1 Å². The van der Waals surface area contributed by atoms with E-state index in [2.05, 4.69) is 21.0 Å². The van der Waals surface area contributed by atoms with Crippen LogP contribution in [0.25, 0.3) is 0 Å². The second-order valence-electron chi connectivity index (χ2n) is 4.39. The predicted molar refractivity (Wildman–Crippen MR) is 74.8 cm³/mol. The first-order chi connectivity index (χ1) is 8.54. The standard InChI is InChI=1S/C13H16BrN3O/c1-9(15)5-10-3-4-11(6-13(10)14)18-12-7-16-17(2)8-12/h3-4,6-9H,5,15H2,1-2H3.